The molecule has 1 fully saturated rings. The Labute approximate surface area is 154 Å². The molecule has 0 saturated carbocycles. The van der Waals surface area contributed by atoms with E-state index in [1.807, 2.05) is 12.1 Å². The van der Waals surface area contributed by atoms with E-state index < -0.39 is 23.7 Å². The van der Waals surface area contributed by atoms with Crippen molar-refractivity contribution in [1.29, 1.82) is 0 Å². The standard InChI is InChI=1S/C17H18ClNO5S/c1-23-16-10(3-2-6-19-16)9-4-5-11(18)13(7-9)24-17-15(22)14(21)12(20)8-25-17/h2-7,12,14-15,17,20-22H,8H2,1H3/t12-,14+,15-,17-/m1/s1. The fourth-order valence-corrected chi connectivity index (χ4v) is 3.82. The molecule has 25 heavy (non-hydrogen) atoms. The van der Waals surface area contributed by atoms with E-state index >= 15 is 0 Å². The van der Waals surface area contributed by atoms with Gasteiger partial charge >= 0.3 is 0 Å². The molecule has 1 saturated heterocycles. The van der Waals surface area contributed by atoms with E-state index in [1.165, 1.54) is 11.8 Å². The van der Waals surface area contributed by atoms with Crippen molar-refractivity contribution in [2.45, 2.75) is 23.7 Å². The summed E-state index contributed by atoms with van der Waals surface area (Å²) in [6.45, 7) is 0. The number of hydrogen-bond donors (Lipinski definition) is 3. The van der Waals surface area contributed by atoms with Crippen LogP contribution in [0, 0.1) is 0 Å². The Morgan fingerprint density at radius 3 is 2.76 bits per heavy atom. The minimum atomic E-state index is -1.26. The average Bonchev–Trinajstić information content (AvgIpc) is 2.63. The Kier molecular flexibility index (Phi) is 5.71. The Morgan fingerprint density at radius 1 is 1.20 bits per heavy atom. The summed E-state index contributed by atoms with van der Waals surface area (Å²) >= 11 is 7.43. The van der Waals surface area contributed by atoms with Crippen LogP contribution < -0.4 is 9.47 Å². The number of hydrogen-bond acceptors (Lipinski definition) is 7. The summed E-state index contributed by atoms with van der Waals surface area (Å²) < 4.78 is 11.1. The topological polar surface area (TPSA) is 92.0 Å². The molecule has 0 unspecified atom stereocenters. The summed E-state index contributed by atoms with van der Waals surface area (Å²) in [4.78, 5) is 4.17. The normalized spacial score (nSPS) is 26.3. The lowest BCUT2D eigenvalue weighted by molar-refractivity contribution is -0.0785. The van der Waals surface area contributed by atoms with E-state index in [2.05, 4.69) is 4.98 Å². The molecule has 1 aliphatic heterocycles. The highest BCUT2D eigenvalue weighted by atomic mass is 35.5. The molecule has 2 heterocycles. The van der Waals surface area contributed by atoms with Gasteiger partial charge in [-0.05, 0) is 29.8 Å². The summed E-state index contributed by atoms with van der Waals surface area (Å²) in [6, 6.07) is 8.89. The van der Waals surface area contributed by atoms with Gasteiger partial charge in [0.25, 0.3) is 0 Å². The van der Waals surface area contributed by atoms with Crippen LogP contribution in [0.5, 0.6) is 11.6 Å². The Hall–Kier alpha value is -1.51. The number of methoxy groups -OCH3 is 1. The van der Waals surface area contributed by atoms with Crippen LogP contribution in [0.2, 0.25) is 5.02 Å². The van der Waals surface area contributed by atoms with Crippen molar-refractivity contribution in [3.8, 4) is 22.8 Å². The summed E-state index contributed by atoms with van der Waals surface area (Å²) in [5.74, 6) is 1.10. The molecule has 0 amide bonds. The van der Waals surface area contributed by atoms with Gasteiger partial charge in [0.15, 0.2) is 5.44 Å². The number of nitrogens with zero attached hydrogens (tertiary/aromatic N) is 1. The van der Waals surface area contributed by atoms with Gasteiger partial charge in [0.2, 0.25) is 5.88 Å². The van der Waals surface area contributed by atoms with Crippen LogP contribution in [0.3, 0.4) is 0 Å². The van der Waals surface area contributed by atoms with Gasteiger partial charge in [-0.1, -0.05) is 17.7 Å². The van der Waals surface area contributed by atoms with Crippen molar-refractivity contribution < 1.29 is 24.8 Å². The van der Waals surface area contributed by atoms with Crippen molar-refractivity contribution in [2.24, 2.45) is 0 Å². The lowest BCUT2D eigenvalue weighted by atomic mass is 10.1. The largest absolute Gasteiger partial charge is 0.481 e. The van der Waals surface area contributed by atoms with Crippen LogP contribution >= 0.6 is 23.4 Å². The number of benzene rings is 1. The highest BCUT2D eigenvalue weighted by Crippen LogP contribution is 2.37. The molecule has 1 aromatic carbocycles. The van der Waals surface area contributed by atoms with E-state index in [4.69, 9.17) is 21.1 Å². The average molecular weight is 384 g/mol. The minimum Gasteiger partial charge on any atom is -0.481 e. The Balaban J connectivity index is 1.88. The van der Waals surface area contributed by atoms with Crippen LogP contribution in [0.1, 0.15) is 0 Å². The second kappa shape index (κ2) is 7.80. The molecule has 3 rings (SSSR count). The zero-order valence-electron chi connectivity index (χ0n) is 13.4. The minimum absolute atomic E-state index is 0.261. The van der Waals surface area contributed by atoms with E-state index in [-0.39, 0.29) is 5.75 Å². The van der Waals surface area contributed by atoms with E-state index in [0.717, 1.165) is 11.1 Å². The highest BCUT2D eigenvalue weighted by molar-refractivity contribution is 7.99. The molecule has 8 heteroatoms. The molecule has 0 spiro atoms. The molecule has 0 radical (unpaired) electrons. The summed E-state index contributed by atoms with van der Waals surface area (Å²) in [5, 5.41) is 29.9. The molecule has 4 atom stereocenters. The van der Waals surface area contributed by atoms with Crippen molar-refractivity contribution in [2.75, 3.05) is 12.9 Å². The lowest BCUT2D eigenvalue weighted by Gasteiger charge is -2.34. The molecule has 3 N–H and O–H groups in total. The van der Waals surface area contributed by atoms with Crippen molar-refractivity contribution in [3.63, 3.8) is 0 Å². The number of pyridine rings is 1. The van der Waals surface area contributed by atoms with Gasteiger partial charge in [-0.25, -0.2) is 4.98 Å². The SMILES string of the molecule is COc1ncccc1-c1ccc(Cl)c(O[C@@H]2SC[C@@H](O)[C@H](O)[C@H]2O)c1. The third-order valence-electron chi connectivity index (χ3n) is 3.90. The molecule has 2 aromatic rings. The maximum Gasteiger partial charge on any atom is 0.221 e. The first-order chi connectivity index (χ1) is 12.0. The van der Waals surface area contributed by atoms with Crippen LogP contribution in [-0.2, 0) is 0 Å². The fourth-order valence-electron chi connectivity index (χ4n) is 2.54. The maximum absolute atomic E-state index is 10.1. The van der Waals surface area contributed by atoms with Gasteiger partial charge in [-0.2, -0.15) is 0 Å². The Morgan fingerprint density at radius 2 is 2.00 bits per heavy atom. The van der Waals surface area contributed by atoms with Gasteiger partial charge in [0.05, 0.1) is 18.2 Å². The zero-order valence-corrected chi connectivity index (χ0v) is 14.9. The molecule has 0 aliphatic carbocycles. The van der Waals surface area contributed by atoms with Crippen LogP contribution in [-0.4, -0.2) is 56.9 Å². The summed E-state index contributed by atoms with van der Waals surface area (Å²) in [7, 11) is 1.54. The number of halogens is 1. The number of ether oxygens (including phenoxy) is 2. The predicted molar refractivity (Wildman–Crippen MR) is 96.1 cm³/mol. The molecule has 134 valence electrons. The number of rotatable bonds is 4. The van der Waals surface area contributed by atoms with Gasteiger partial charge in [-0.3, -0.25) is 0 Å². The quantitative estimate of drug-likeness (QED) is 0.743. The molecule has 6 nitrogen and oxygen atoms in total. The van der Waals surface area contributed by atoms with E-state index in [1.54, 1.807) is 31.5 Å². The van der Waals surface area contributed by atoms with Crippen molar-refractivity contribution >= 4 is 23.4 Å². The lowest BCUT2D eigenvalue weighted by Crippen LogP contribution is -2.50. The first kappa shape index (κ1) is 18.3. The van der Waals surface area contributed by atoms with Gasteiger partial charge in [-0.15, -0.1) is 11.8 Å². The number of aliphatic hydroxyl groups is 3. The van der Waals surface area contributed by atoms with Gasteiger partial charge < -0.3 is 24.8 Å². The van der Waals surface area contributed by atoms with Crippen molar-refractivity contribution in [1.82, 2.24) is 4.98 Å². The third-order valence-corrected chi connectivity index (χ3v) is 5.45. The molecular weight excluding hydrogens is 366 g/mol. The molecule has 1 aliphatic rings. The van der Waals surface area contributed by atoms with Gasteiger partial charge in [0.1, 0.15) is 18.0 Å². The number of aromatic nitrogens is 1. The fraction of sp³-hybridized carbons (Fsp3) is 0.353. The smallest absolute Gasteiger partial charge is 0.221 e. The summed E-state index contributed by atoms with van der Waals surface area (Å²) in [5.41, 5.74) is 0.834. The monoisotopic (exact) mass is 383 g/mol. The van der Waals surface area contributed by atoms with Crippen LogP contribution in [0.25, 0.3) is 11.1 Å². The molecule has 0 bridgehead atoms. The third kappa shape index (κ3) is 3.86. The highest BCUT2D eigenvalue weighted by Gasteiger charge is 2.38. The summed E-state index contributed by atoms with van der Waals surface area (Å²) in [6.07, 6.45) is -1.83. The Bertz CT molecular complexity index is 747. The van der Waals surface area contributed by atoms with Crippen LogP contribution in [0.4, 0.5) is 0 Å². The maximum atomic E-state index is 10.1. The second-order valence-corrected chi connectivity index (χ2v) is 7.11. The first-order valence-corrected chi connectivity index (χ1v) is 9.05. The van der Waals surface area contributed by atoms with Gasteiger partial charge in [0, 0.05) is 17.5 Å². The van der Waals surface area contributed by atoms with Crippen LogP contribution in [0.15, 0.2) is 36.5 Å². The number of aliphatic hydroxyl groups excluding tert-OH is 3. The zero-order chi connectivity index (χ0) is 18.0. The molecular formula is C17H18ClNO5S. The van der Waals surface area contributed by atoms with Crippen molar-refractivity contribution in [3.05, 3.63) is 41.6 Å². The van der Waals surface area contributed by atoms with E-state index in [9.17, 15) is 15.3 Å². The first-order valence-electron chi connectivity index (χ1n) is 7.62. The molecule has 1 aromatic heterocycles. The number of thioether (sulfide) groups is 1. The van der Waals surface area contributed by atoms with E-state index in [0.29, 0.717) is 16.7 Å². The predicted octanol–water partition coefficient (Wildman–Crippen LogP) is 1.95. The second-order valence-electron chi connectivity index (χ2n) is 5.57.